The number of carbonyl (C=O) groups excluding carboxylic acids is 1. The number of likely N-dealkylation sites (N-methyl/N-ethyl adjacent to an activating group) is 1. The molecule has 0 saturated carbocycles. The lowest BCUT2D eigenvalue weighted by molar-refractivity contribution is -0.123. The summed E-state index contributed by atoms with van der Waals surface area (Å²) in [5.41, 5.74) is 0.900. The molecule has 1 unspecified atom stereocenters. The quantitative estimate of drug-likeness (QED) is 0.872. The molecule has 0 aliphatic carbocycles. The van der Waals surface area contributed by atoms with Gasteiger partial charge in [-0.05, 0) is 37.7 Å². The fourth-order valence-electron chi connectivity index (χ4n) is 2.06. The molecule has 20 heavy (non-hydrogen) atoms. The fourth-order valence-corrected chi connectivity index (χ4v) is 2.36. The van der Waals surface area contributed by atoms with E-state index in [1.807, 2.05) is 38.9 Å². The molecule has 0 bridgehead atoms. The number of hydrogen-bond donors (Lipinski definition) is 1. The Kier molecular flexibility index (Phi) is 6.80. The van der Waals surface area contributed by atoms with E-state index in [9.17, 15) is 4.79 Å². The third-order valence-electron chi connectivity index (χ3n) is 3.11. The van der Waals surface area contributed by atoms with Crippen LogP contribution in [0.2, 0.25) is 10.0 Å². The van der Waals surface area contributed by atoms with Crippen molar-refractivity contribution < 1.29 is 4.79 Å². The monoisotopic (exact) mass is 316 g/mol. The van der Waals surface area contributed by atoms with Gasteiger partial charge in [0.1, 0.15) is 0 Å². The number of carbonyl (C=O) groups is 1. The Hall–Kier alpha value is -0.770. The Labute approximate surface area is 131 Å². The van der Waals surface area contributed by atoms with Crippen LogP contribution < -0.4 is 5.32 Å². The van der Waals surface area contributed by atoms with Crippen LogP contribution in [0.25, 0.3) is 0 Å². The van der Waals surface area contributed by atoms with Crippen LogP contribution >= 0.6 is 23.2 Å². The molecular weight excluding hydrogens is 295 g/mol. The Morgan fingerprint density at radius 1 is 1.25 bits per heavy atom. The van der Waals surface area contributed by atoms with Crippen molar-refractivity contribution in [3.8, 4) is 0 Å². The summed E-state index contributed by atoms with van der Waals surface area (Å²) in [4.78, 5) is 14.4. The maximum absolute atomic E-state index is 12.4. The Morgan fingerprint density at radius 2 is 1.90 bits per heavy atom. The predicted molar refractivity (Wildman–Crippen MR) is 85.6 cm³/mol. The number of nitrogens with one attached hydrogen (secondary N) is 1. The first-order valence-electron chi connectivity index (χ1n) is 6.70. The van der Waals surface area contributed by atoms with Gasteiger partial charge in [0.2, 0.25) is 5.91 Å². The van der Waals surface area contributed by atoms with Crippen molar-refractivity contribution in [2.45, 2.75) is 19.8 Å². The minimum absolute atomic E-state index is 0.0280. The highest BCUT2D eigenvalue weighted by Crippen LogP contribution is 2.30. The molecule has 1 N–H and O–H groups in total. The molecule has 0 aromatic heterocycles. The highest BCUT2D eigenvalue weighted by Gasteiger charge is 2.24. The van der Waals surface area contributed by atoms with Crippen LogP contribution in [0.15, 0.2) is 18.2 Å². The van der Waals surface area contributed by atoms with Crippen molar-refractivity contribution in [2.75, 3.05) is 27.2 Å². The topological polar surface area (TPSA) is 32.3 Å². The van der Waals surface area contributed by atoms with Gasteiger partial charge >= 0.3 is 0 Å². The minimum Gasteiger partial charge on any atom is -0.354 e. The molecule has 3 nitrogen and oxygen atoms in total. The summed E-state index contributed by atoms with van der Waals surface area (Å²) in [6, 6.07) is 5.38. The average Bonchev–Trinajstić information content (AvgIpc) is 2.33. The van der Waals surface area contributed by atoms with Gasteiger partial charge in [-0.2, -0.15) is 0 Å². The van der Waals surface area contributed by atoms with Crippen LogP contribution in [-0.4, -0.2) is 38.0 Å². The first-order valence-corrected chi connectivity index (χ1v) is 7.46. The van der Waals surface area contributed by atoms with Crippen molar-refractivity contribution in [2.24, 2.45) is 5.92 Å². The van der Waals surface area contributed by atoms with Crippen molar-refractivity contribution in [1.82, 2.24) is 10.2 Å². The molecule has 1 amide bonds. The van der Waals surface area contributed by atoms with Crippen LogP contribution in [0.4, 0.5) is 0 Å². The lowest BCUT2D eigenvalue weighted by Gasteiger charge is -2.21. The van der Waals surface area contributed by atoms with Crippen LogP contribution in [0.3, 0.4) is 0 Å². The third kappa shape index (κ3) is 4.97. The first-order chi connectivity index (χ1) is 9.32. The number of halogens is 2. The second-order valence-corrected chi connectivity index (χ2v) is 6.30. The molecule has 0 radical (unpaired) electrons. The lowest BCUT2D eigenvalue weighted by Crippen LogP contribution is -2.36. The van der Waals surface area contributed by atoms with Gasteiger partial charge in [0.25, 0.3) is 0 Å². The van der Waals surface area contributed by atoms with Crippen LogP contribution in [0.5, 0.6) is 0 Å². The molecule has 112 valence electrons. The number of amides is 1. The van der Waals surface area contributed by atoms with Gasteiger partial charge < -0.3 is 10.2 Å². The summed E-state index contributed by atoms with van der Waals surface area (Å²) in [5, 5.41) is 3.96. The summed E-state index contributed by atoms with van der Waals surface area (Å²) in [6.45, 7) is 5.51. The van der Waals surface area contributed by atoms with Gasteiger partial charge in [0, 0.05) is 13.1 Å². The molecule has 0 aliphatic rings. The van der Waals surface area contributed by atoms with E-state index >= 15 is 0 Å². The number of hydrogen-bond acceptors (Lipinski definition) is 2. The standard InChI is InChI=1S/C15H22Cl2N2O/c1-10(2)14(15(20)18-7-8-19(3)4)11-5-6-12(16)13(17)9-11/h5-6,9-10,14H,7-8H2,1-4H3,(H,18,20). The Bertz CT molecular complexity index is 461. The molecule has 1 rings (SSSR count). The van der Waals surface area contributed by atoms with Gasteiger partial charge in [0.15, 0.2) is 0 Å². The molecule has 0 heterocycles. The van der Waals surface area contributed by atoms with Crippen LogP contribution in [-0.2, 0) is 4.79 Å². The number of nitrogens with zero attached hydrogens (tertiary/aromatic N) is 1. The zero-order chi connectivity index (χ0) is 15.3. The summed E-state index contributed by atoms with van der Waals surface area (Å²) in [5.74, 6) is -0.00114. The maximum Gasteiger partial charge on any atom is 0.227 e. The van der Waals surface area contributed by atoms with E-state index in [-0.39, 0.29) is 17.7 Å². The van der Waals surface area contributed by atoms with Crippen molar-refractivity contribution >= 4 is 29.1 Å². The summed E-state index contributed by atoms with van der Waals surface area (Å²) >= 11 is 12.0. The summed E-state index contributed by atoms with van der Waals surface area (Å²) in [6.07, 6.45) is 0. The van der Waals surface area contributed by atoms with Gasteiger partial charge in [-0.15, -0.1) is 0 Å². The lowest BCUT2D eigenvalue weighted by atomic mass is 9.87. The second kappa shape index (κ2) is 7.87. The molecule has 1 atom stereocenters. The fraction of sp³-hybridized carbons (Fsp3) is 0.533. The van der Waals surface area contributed by atoms with E-state index in [1.54, 1.807) is 12.1 Å². The number of rotatable bonds is 6. The molecule has 1 aromatic carbocycles. The molecule has 0 aliphatic heterocycles. The van der Waals surface area contributed by atoms with Crippen molar-refractivity contribution in [3.63, 3.8) is 0 Å². The smallest absolute Gasteiger partial charge is 0.227 e. The van der Waals surface area contributed by atoms with Crippen molar-refractivity contribution in [3.05, 3.63) is 33.8 Å². The minimum atomic E-state index is -0.216. The average molecular weight is 317 g/mol. The molecule has 0 spiro atoms. The van der Waals surface area contributed by atoms with E-state index in [0.717, 1.165) is 12.1 Å². The van der Waals surface area contributed by atoms with E-state index < -0.39 is 0 Å². The van der Waals surface area contributed by atoms with E-state index in [4.69, 9.17) is 23.2 Å². The third-order valence-corrected chi connectivity index (χ3v) is 3.85. The van der Waals surface area contributed by atoms with E-state index in [1.165, 1.54) is 0 Å². The van der Waals surface area contributed by atoms with Gasteiger partial charge in [-0.3, -0.25) is 4.79 Å². The van der Waals surface area contributed by atoms with Gasteiger partial charge in [0.05, 0.1) is 16.0 Å². The number of benzene rings is 1. The molecule has 0 saturated heterocycles. The first kappa shape index (κ1) is 17.3. The van der Waals surface area contributed by atoms with Gasteiger partial charge in [-0.25, -0.2) is 0 Å². The molecule has 0 fully saturated rings. The second-order valence-electron chi connectivity index (χ2n) is 5.49. The highest BCUT2D eigenvalue weighted by molar-refractivity contribution is 6.42. The SMILES string of the molecule is CC(C)C(C(=O)NCCN(C)C)c1ccc(Cl)c(Cl)c1. The highest BCUT2D eigenvalue weighted by atomic mass is 35.5. The zero-order valence-corrected chi connectivity index (χ0v) is 13.9. The Balaban J connectivity index is 2.82. The largest absolute Gasteiger partial charge is 0.354 e. The molecule has 1 aromatic rings. The normalized spacial score (nSPS) is 12.8. The molecule has 5 heteroatoms. The van der Waals surface area contributed by atoms with Gasteiger partial charge in [-0.1, -0.05) is 43.1 Å². The van der Waals surface area contributed by atoms with E-state index in [2.05, 4.69) is 5.32 Å². The van der Waals surface area contributed by atoms with Crippen LogP contribution in [0, 0.1) is 5.92 Å². The van der Waals surface area contributed by atoms with E-state index in [0.29, 0.717) is 16.6 Å². The van der Waals surface area contributed by atoms with Crippen LogP contribution in [0.1, 0.15) is 25.3 Å². The zero-order valence-electron chi connectivity index (χ0n) is 12.4. The maximum atomic E-state index is 12.4. The predicted octanol–water partition coefficient (Wildman–Crippen LogP) is 3.41. The molecular formula is C15H22Cl2N2O. The Morgan fingerprint density at radius 3 is 2.40 bits per heavy atom. The summed E-state index contributed by atoms with van der Waals surface area (Å²) < 4.78 is 0. The van der Waals surface area contributed by atoms with Crippen molar-refractivity contribution in [1.29, 1.82) is 0 Å². The summed E-state index contributed by atoms with van der Waals surface area (Å²) in [7, 11) is 3.95.